The minimum Gasteiger partial charge on any atom is -0.384 e. The molecule has 5 nitrogen and oxygen atoms in total. The molecule has 2 aliphatic rings. The molecule has 1 aromatic heterocycles. The molecule has 1 saturated carbocycles. The van der Waals surface area contributed by atoms with E-state index in [2.05, 4.69) is 22.1 Å². The van der Waals surface area contributed by atoms with Crippen molar-refractivity contribution in [3.63, 3.8) is 0 Å². The normalized spacial score (nSPS) is 20.8. The van der Waals surface area contributed by atoms with E-state index in [1.54, 1.807) is 12.1 Å². The van der Waals surface area contributed by atoms with Gasteiger partial charge in [0.2, 0.25) is 5.54 Å². The van der Waals surface area contributed by atoms with Crippen molar-refractivity contribution >= 4 is 17.5 Å². The van der Waals surface area contributed by atoms with E-state index in [9.17, 15) is 22.4 Å². The lowest BCUT2D eigenvalue weighted by Crippen LogP contribution is -2.59. The minimum atomic E-state index is -4.94. The summed E-state index contributed by atoms with van der Waals surface area (Å²) in [6, 6.07) is 4.11. The molecule has 1 fully saturated rings. The fourth-order valence-corrected chi connectivity index (χ4v) is 3.21. The predicted octanol–water partition coefficient (Wildman–Crippen LogP) is 3.70. The smallest absolute Gasteiger partial charge is 0.384 e. The minimum absolute atomic E-state index is 0.0713. The molecule has 0 spiro atoms. The van der Waals surface area contributed by atoms with Gasteiger partial charge < -0.3 is 16.4 Å². The maximum atomic E-state index is 14.8. The predicted molar refractivity (Wildman–Crippen MR) is 98.2 cm³/mol. The van der Waals surface area contributed by atoms with Gasteiger partial charge in [0.15, 0.2) is 0 Å². The van der Waals surface area contributed by atoms with E-state index in [0.717, 1.165) is 6.07 Å². The lowest BCUT2D eigenvalue weighted by Gasteiger charge is -2.37. The summed E-state index contributed by atoms with van der Waals surface area (Å²) in [5, 5.41) is 4.21. The van der Waals surface area contributed by atoms with Crippen LogP contribution >= 0.6 is 0 Å². The third-order valence-electron chi connectivity index (χ3n) is 4.85. The number of nitrogen functional groups attached to an aromatic ring is 1. The van der Waals surface area contributed by atoms with Crippen LogP contribution < -0.4 is 16.4 Å². The number of rotatable bonds is 2. The van der Waals surface area contributed by atoms with Crippen LogP contribution in [0.2, 0.25) is 0 Å². The van der Waals surface area contributed by atoms with E-state index in [0.29, 0.717) is 18.4 Å². The fraction of sp³-hybridized carbons (Fsp3) is 0.300. The molecule has 2 aromatic rings. The number of hydrogen-bond acceptors (Lipinski definition) is 3. The lowest BCUT2D eigenvalue weighted by molar-refractivity contribution is -0.178. The number of carbonyl (C=O) groups is 1. The summed E-state index contributed by atoms with van der Waals surface area (Å²) in [7, 11) is 0. The van der Waals surface area contributed by atoms with Gasteiger partial charge in [0, 0.05) is 29.8 Å². The number of nitrogens with zero attached hydrogens (tertiary/aromatic N) is 1. The Bertz CT molecular complexity index is 1050. The number of alkyl halides is 3. The maximum absolute atomic E-state index is 14.8. The summed E-state index contributed by atoms with van der Waals surface area (Å²) >= 11 is 0. The molecule has 150 valence electrons. The van der Waals surface area contributed by atoms with Crippen molar-refractivity contribution in [2.24, 2.45) is 5.92 Å². The van der Waals surface area contributed by atoms with Gasteiger partial charge >= 0.3 is 12.2 Å². The second-order valence-electron chi connectivity index (χ2n) is 7.13. The van der Waals surface area contributed by atoms with Crippen molar-refractivity contribution in [2.45, 2.75) is 31.0 Å². The number of fused-ring (bicyclic) bond motifs is 1. The summed E-state index contributed by atoms with van der Waals surface area (Å²) in [6.45, 7) is 0. The standard InChI is InChI=1S/C20H16F4N4O/c21-15-10-14-16(9-13(15)7-12-4-6-26-17(25)8-12)27-18(29)28-19(14,20(22,23)24)5-3-11-1-2-11/h4,6,8-11H,1-2,7H2,(H2,25,26)(H2,27,28,29)/t19-/m0/s1. The van der Waals surface area contributed by atoms with E-state index >= 15 is 0 Å². The fourth-order valence-electron chi connectivity index (χ4n) is 3.21. The number of carbonyl (C=O) groups excluding carboxylic acids is 1. The summed E-state index contributed by atoms with van der Waals surface area (Å²) in [5.74, 6) is 4.02. The highest BCUT2D eigenvalue weighted by molar-refractivity contribution is 5.95. The van der Waals surface area contributed by atoms with Crippen molar-refractivity contribution in [1.29, 1.82) is 0 Å². The molecule has 0 radical (unpaired) electrons. The molecule has 1 aliphatic carbocycles. The zero-order valence-corrected chi connectivity index (χ0v) is 15.0. The monoisotopic (exact) mass is 404 g/mol. The summed E-state index contributed by atoms with van der Waals surface area (Å²) < 4.78 is 57.0. The van der Waals surface area contributed by atoms with Gasteiger partial charge in [-0.05, 0) is 48.2 Å². The number of anilines is 2. The van der Waals surface area contributed by atoms with Crippen LogP contribution in [-0.4, -0.2) is 17.2 Å². The maximum Gasteiger partial charge on any atom is 0.427 e. The number of halogens is 4. The highest BCUT2D eigenvalue weighted by Gasteiger charge is 2.59. The summed E-state index contributed by atoms with van der Waals surface area (Å²) in [4.78, 5) is 15.9. The van der Waals surface area contributed by atoms with E-state index in [1.807, 2.05) is 5.32 Å². The van der Waals surface area contributed by atoms with Gasteiger partial charge in [0.05, 0.1) is 0 Å². The Morgan fingerprint density at radius 3 is 2.69 bits per heavy atom. The van der Waals surface area contributed by atoms with E-state index in [1.165, 1.54) is 12.3 Å². The molecule has 1 atom stereocenters. The van der Waals surface area contributed by atoms with Crippen molar-refractivity contribution < 1.29 is 22.4 Å². The van der Waals surface area contributed by atoms with E-state index in [-0.39, 0.29) is 29.4 Å². The zero-order valence-electron chi connectivity index (χ0n) is 15.0. The first-order valence-corrected chi connectivity index (χ1v) is 8.90. The topological polar surface area (TPSA) is 80.0 Å². The first kappa shape index (κ1) is 19.1. The Morgan fingerprint density at radius 2 is 2.03 bits per heavy atom. The van der Waals surface area contributed by atoms with Crippen LogP contribution in [0.3, 0.4) is 0 Å². The van der Waals surface area contributed by atoms with Crippen LogP contribution in [0.1, 0.15) is 29.5 Å². The molecule has 9 heteroatoms. The Balaban J connectivity index is 1.81. The van der Waals surface area contributed by atoms with Gasteiger partial charge in [-0.15, -0.1) is 0 Å². The van der Waals surface area contributed by atoms with Crippen LogP contribution in [0, 0.1) is 23.6 Å². The third kappa shape index (κ3) is 3.58. The van der Waals surface area contributed by atoms with Crippen LogP contribution in [0.15, 0.2) is 30.5 Å². The number of aromatic nitrogens is 1. The molecule has 0 unspecified atom stereocenters. The van der Waals surface area contributed by atoms with E-state index < -0.39 is 29.1 Å². The number of nitrogens with one attached hydrogen (secondary N) is 2. The largest absolute Gasteiger partial charge is 0.427 e. The highest BCUT2D eigenvalue weighted by Crippen LogP contribution is 2.45. The molecule has 4 N–H and O–H groups in total. The van der Waals surface area contributed by atoms with Gasteiger partial charge in [0.1, 0.15) is 11.6 Å². The van der Waals surface area contributed by atoms with Crippen molar-refractivity contribution in [1.82, 2.24) is 10.3 Å². The summed E-state index contributed by atoms with van der Waals surface area (Å²) in [6.07, 6.45) is -1.99. The van der Waals surface area contributed by atoms with Crippen molar-refractivity contribution in [3.05, 3.63) is 53.0 Å². The molecule has 2 heterocycles. The van der Waals surface area contributed by atoms with Gasteiger partial charge in [-0.3, -0.25) is 0 Å². The molecule has 2 amide bonds. The quantitative estimate of drug-likeness (QED) is 0.528. The van der Waals surface area contributed by atoms with Crippen LogP contribution in [-0.2, 0) is 12.0 Å². The average molecular weight is 404 g/mol. The number of amides is 2. The van der Waals surface area contributed by atoms with Crippen LogP contribution in [0.25, 0.3) is 0 Å². The van der Waals surface area contributed by atoms with Gasteiger partial charge in [0.25, 0.3) is 0 Å². The second kappa shape index (κ2) is 6.65. The van der Waals surface area contributed by atoms with Crippen molar-refractivity contribution in [2.75, 3.05) is 11.1 Å². The van der Waals surface area contributed by atoms with Gasteiger partial charge in [-0.1, -0.05) is 11.8 Å². The molecule has 1 aliphatic heterocycles. The molecule has 0 saturated heterocycles. The van der Waals surface area contributed by atoms with Gasteiger partial charge in [-0.2, -0.15) is 13.2 Å². The molecular formula is C20H16F4N4O. The zero-order chi connectivity index (χ0) is 20.8. The molecule has 4 rings (SSSR count). The SMILES string of the molecule is Nc1cc(Cc2cc3c(cc2F)[C@@](C#CC2CC2)(C(F)(F)F)NC(=O)N3)ccn1. The lowest BCUT2D eigenvalue weighted by atomic mass is 9.85. The van der Waals surface area contributed by atoms with Crippen LogP contribution in [0.4, 0.5) is 33.9 Å². The highest BCUT2D eigenvalue weighted by atomic mass is 19.4. The van der Waals surface area contributed by atoms with Crippen LogP contribution in [0.5, 0.6) is 0 Å². The number of benzene rings is 1. The third-order valence-corrected chi connectivity index (χ3v) is 4.85. The number of urea groups is 1. The number of hydrogen-bond donors (Lipinski definition) is 3. The Labute approximate surface area is 163 Å². The average Bonchev–Trinajstić information content (AvgIpc) is 3.44. The second-order valence-corrected chi connectivity index (χ2v) is 7.13. The molecule has 1 aromatic carbocycles. The first-order valence-electron chi connectivity index (χ1n) is 8.90. The molecular weight excluding hydrogens is 388 g/mol. The molecule has 0 bridgehead atoms. The molecule has 29 heavy (non-hydrogen) atoms. The number of nitrogens with two attached hydrogens (primary N) is 1. The van der Waals surface area contributed by atoms with Crippen molar-refractivity contribution in [3.8, 4) is 11.8 Å². The van der Waals surface area contributed by atoms with E-state index in [4.69, 9.17) is 5.73 Å². The van der Waals surface area contributed by atoms with Gasteiger partial charge in [-0.25, -0.2) is 14.2 Å². The Morgan fingerprint density at radius 1 is 1.28 bits per heavy atom. The first-order chi connectivity index (χ1) is 13.7. The Hall–Kier alpha value is -3.28. The summed E-state index contributed by atoms with van der Waals surface area (Å²) in [5.41, 5.74) is 2.80. The number of pyridine rings is 1. The Kier molecular flexibility index (Phi) is 4.37.